The molecule has 0 fully saturated rings. The van der Waals surface area contributed by atoms with Crippen LogP contribution in [0, 0.1) is 0 Å². The van der Waals surface area contributed by atoms with Crippen LogP contribution in [0.2, 0.25) is 0 Å². The van der Waals surface area contributed by atoms with Crippen molar-refractivity contribution in [3.8, 4) is 0 Å². The molecule has 0 bridgehead atoms. The molecule has 196 valence electrons. The molecule has 0 spiro atoms. The van der Waals surface area contributed by atoms with Crippen LogP contribution in [0.4, 0.5) is 0 Å². The molecule has 0 radical (unpaired) electrons. The summed E-state index contributed by atoms with van der Waals surface area (Å²) < 4.78 is 12.1. The van der Waals surface area contributed by atoms with Gasteiger partial charge in [-0.2, -0.15) is 0 Å². The molecule has 0 aliphatic carbocycles. The van der Waals surface area contributed by atoms with Gasteiger partial charge in [0.1, 0.15) is 6.54 Å². The summed E-state index contributed by atoms with van der Waals surface area (Å²) in [6.07, 6.45) is 28.5. The maximum atomic E-state index is 11.8. The van der Waals surface area contributed by atoms with Gasteiger partial charge < -0.3 is 19.4 Å². The Morgan fingerprint density at radius 3 is 1.48 bits per heavy atom. The Hall–Kier alpha value is -0.450. The first-order chi connectivity index (χ1) is 15.5. The number of hydrogen-bond acceptors (Lipinski definition) is 2. The highest BCUT2D eigenvalue weighted by Crippen LogP contribution is 2.52. The molecule has 0 heterocycles. The van der Waals surface area contributed by atoms with Crippen molar-refractivity contribution in [3.05, 3.63) is 24.3 Å². The molecule has 0 aromatic carbocycles. The molecule has 0 aliphatic rings. The number of rotatable bonds is 22. The summed E-state index contributed by atoms with van der Waals surface area (Å²) in [7, 11) is 0.906. The van der Waals surface area contributed by atoms with E-state index < -0.39 is 12.9 Å². The molecule has 3 N–H and O–H groups in total. The molecule has 5 nitrogen and oxygen atoms in total. The van der Waals surface area contributed by atoms with E-state index in [0.29, 0.717) is 10.9 Å². The van der Waals surface area contributed by atoms with Crippen molar-refractivity contribution in [2.75, 3.05) is 27.7 Å². The highest BCUT2D eigenvalue weighted by Gasteiger charge is 2.48. The van der Waals surface area contributed by atoms with E-state index in [1.807, 2.05) is 21.1 Å². The smallest absolute Gasteiger partial charge is 0.362 e. The lowest BCUT2D eigenvalue weighted by Gasteiger charge is -2.35. The van der Waals surface area contributed by atoms with E-state index in [0.717, 1.165) is 25.7 Å². The third-order valence-corrected chi connectivity index (χ3v) is 7.47. The van der Waals surface area contributed by atoms with Crippen molar-refractivity contribution in [2.45, 2.75) is 121 Å². The highest BCUT2D eigenvalue weighted by molar-refractivity contribution is 7.53. The van der Waals surface area contributed by atoms with Crippen LogP contribution in [0.1, 0.15) is 116 Å². The molecule has 0 saturated carbocycles. The molecule has 0 saturated heterocycles. The Morgan fingerprint density at radius 1 is 0.667 bits per heavy atom. The largest absolute Gasteiger partial charge is 0.373 e. The van der Waals surface area contributed by atoms with Crippen molar-refractivity contribution in [1.29, 1.82) is 0 Å². The van der Waals surface area contributed by atoms with Gasteiger partial charge >= 0.3 is 7.60 Å². The van der Waals surface area contributed by atoms with E-state index in [1.165, 1.54) is 70.6 Å². The van der Waals surface area contributed by atoms with Gasteiger partial charge in [0.15, 0.2) is 0 Å². The first kappa shape index (κ1) is 32.5. The molecule has 0 rings (SSSR count). The standard InChI is InChI=1S/C27H54NO4P/c1-5-6-7-8-9-10-11-12-13-14-15-16-17-18-19-20-21-22-23-24-25-27(29,33(30,31)32)26-28(2,3)4/h16-17,21-22,29H,5-15,18-20,23-26H2,1-4H3,(H-,30,31,32)/p+1/b17-16-,22-21-. The SMILES string of the molecule is CCCCCCCCCCCC/C=C\CCC/C=C\CCCC(O)(C[N+](C)(C)C)P(=O)(O)O. The normalized spacial score (nSPS) is 15.0. The second kappa shape index (κ2) is 18.8. The predicted octanol–water partition coefficient (Wildman–Crippen LogP) is 7.32. The Bertz CT molecular complexity index is 565. The van der Waals surface area contributed by atoms with E-state index >= 15 is 0 Å². The lowest BCUT2D eigenvalue weighted by atomic mass is 10.1. The van der Waals surface area contributed by atoms with Crippen LogP contribution in [0.5, 0.6) is 0 Å². The van der Waals surface area contributed by atoms with Crippen LogP contribution >= 0.6 is 7.60 Å². The van der Waals surface area contributed by atoms with E-state index in [1.54, 1.807) is 0 Å². The van der Waals surface area contributed by atoms with Crippen LogP contribution in [0.25, 0.3) is 0 Å². The minimum atomic E-state index is -4.57. The number of nitrogens with zero attached hydrogens (tertiary/aromatic N) is 1. The van der Waals surface area contributed by atoms with Crippen LogP contribution in [-0.2, 0) is 4.57 Å². The first-order valence-electron chi connectivity index (χ1n) is 13.4. The predicted molar refractivity (Wildman–Crippen MR) is 142 cm³/mol. The maximum absolute atomic E-state index is 11.8. The summed E-state index contributed by atoms with van der Waals surface area (Å²) >= 11 is 0. The van der Waals surface area contributed by atoms with Gasteiger partial charge in [0, 0.05) is 0 Å². The molecule has 0 aromatic heterocycles. The molecular formula is C27H55NO4P+. The van der Waals surface area contributed by atoms with Crippen LogP contribution < -0.4 is 0 Å². The zero-order chi connectivity index (χ0) is 25.1. The van der Waals surface area contributed by atoms with E-state index in [9.17, 15) is 19.5 Å². The fourth-order valence-electron chi connectivity index (χ4n) is 4.15. The summed E-state index contributed by atoms with van der Waals surface area (Å²) in [6.45, 7) is 2.30. The molecule has 6 heteroatoms. The van der Waals surface area contributed by atoms with Gasteiger partial charge in [-0.3, -0.25) is 4.57 Å². The van der Waals surface area contributed by atoms with Crippen LogP contribution in [-0.4, -0.2) is 52.4 Å². The number of quaternary nitrogens is 1. The summed E-state index contributed by atoms with van der Waals surface area (Å²) in [6, 6.07) is 0. The summed E-state index contributed by atoms with van der Waals surface area (Å²) in [5.74, 6) is 0. The summed E-state index contributed by atoms with van der Waals surface area (Å²) in [4.78, 5) is 19.2. The number of allylic oxidation sites excluding steroid dienone is 4. The Morgan fingerprint density at radius 2 is 1.06 bits per heavy atom. The number of aliphatic hydroxyl groups is 1. The monoisotopic (exact) mass is 488 g/mol. The Labute approximate surface area is 205 Å². The quantitative estimate of drug-likeness (QED) is 0.0645. The lowest BCUT2D eigenvalue weighted by Crippen LogP contribution is -2.49. The van der Waals surface area contributed by atoms with Crippen LogP contribution in [0.15, 0.2) is 24.3 Å². The van der Waals surface area contributed by atoms with Crippen molar-refractivity contribution in [1.82, 2.24) is 0 Å². The van der Waals surface area contributed by atoms with Gasteiger partial charge in [0.05, 0.1) is 21.1 Å². The molecule has 0 amide bonds. The number of likely N-dealkylation sites (N-methyl/N-ethyl adjacent to an activating group) is 1. The number of hydrogen-bond donors (Lipinski definition) is 3. The van der Waals surface area contributed by atoms with E-state index in [4.69, 9.17) is 0 Å². The molecule has 0 aliphatic heterocycles. The third-order valence-electron chi connectivity index (χ3n) is 6.02. The van der Waals surface area contributed by atoms with Gasteiger partial charge in [-0.15, -0.1) is 0 Å². The van der Waals surface area contributed by atoms with Gasteiger partial charge in [-0.25, -0.2) is 0 Å². The lowest BCUT2D eigenvalue weighted by molar-refractivity contribution is -0.875. The van der Waals surface area contributed by atoms with Crippen molar-refractivity contribution >= 4 is 7.60 Å². The highest BCUT2D eigenvalue weighted by atomic mass is 31.2. The minimum Gasteiger partial charge on any atom is -0.373 e. The van der Waals surface area contributed by atoms with Gasteiger partial charge in [0.2, 0.25) is 5.34 Å². The zero-order valence-corrected chi connectivity index (χ0v) is 23.1. The third kappa shape index (κ3) is 19.5. The first-order valence-corrected chi connectivity index (χ1v) is 15.0. The van der Waals surface area contributed by atoms with Crippen LogP contribution in [0.3, 0.4) is 0 Å². The molecular weight excluding hydrogens is 433 g/mol. The molecule has 1 unspecified atom stereocenters. The molecule has 33 heavy (non-hydrogen) atoms. The fourth-order valence-corrected chi connectivity index (χ4v) is 5.21. The Balaban J connectivity index is 3.69. The second-order valence-corrected chi connectivity index (χ2v) is 12.6. The summed E-state index contributed by atoms with van der Waals surface area (Å²) in [5.41, 5.74) is 0. The molecule has 1 atom stereocenters. The topological polar surface area (TPSA) is 77.8 Å². The van der Waals surface area contributed by atoms with Crippen molar-refractivity contribution in [3.63, 3.8) is 0 Å². The fraction of sp³-hybridized carbons (Fsp3) is 0.852. The van der Waals surface area contributed by atoms with Gasteiger partial charge in [-0.1, -0.05) is 89.0 Å². The zero-order valence-electron chi connectivity index (χ0n) is 22.2. The number of unbranched alkanes of at least 4 members (excludes halogenated alkanes) is 13. The molecule has 0 aromatic rings. The van der Waals surface area contributed by atoms with Gasteiger partial charge in [0.25, 0.3) is 0 Å². The second-order valence-electron chi connectivity index (χ2n) is 10.7. The maximum Gasteiger partial charge on any atom is 0.362 e. The average molecular weight is 489 g/mol. The van der Waals surface area contributed by atoms with Crippen molar-refractivity contribution in [2.24, 2.45) is 0 Å². The van der Waals surface area contributed by atoms with E-state index in [2.05, 4.69) is 31.2 Å². The summed E-state index contributed by atoms with van der Waals surface area (Å²) in [5, 5.41) is 8.58. The minimum absolute atomic E-state index is 0.0342. The Kier molecular flexibility index (Phi) is 18.6. The van der Waals surface area contributed by atoms with E-state index in [-0.39, 0.29) is 13.0 Å². The average Bonchev–Trinajstić information content (AvgIpc) is 2.70. The van der Waals surface area contributed by atoms with Crippen molar-refractivity contribution < 1.29 is 23.9 Å². The van der Waals surface area contributed by atoms with Gasteiger partial charge in [-0.05, 0) is 51.4 Å².